The van der Waals surface area contributed by atoms with Crippen molar-refractivity contribution < 1.29 is 52.3 Å². The molecule has 8 aromatic carbocycles. The molecule has 12 nitrogen and oxygen atoms in total. The quantitative estimate of drug-likeness (QED) is 0.140. The molecular weight excluding hydrogens is 1570 g/mol. The fraction of sp³-hybridized carbons (Fsp3) is 0.190. The molecule has 0 bridgehead atoms. The third kappa shape index (κ3) is 17.8. The van der Waals surface area contributed by atoms with E-state index in [1.54, 1.807) is 49.1 Å². The van der Waals surface area contributed by atoms with Gasteiger partial charge in [0.15, 0.2) is 0 Å². The first kappa shape index (κ1) is 72.7. The molecule has 0 aliphatic carbocycles. The largest absolute Gasteiger partial charge is 2.00 e. The van der Waals surface area contributed by atoms with E-state index in [9.17, 15) is 0 Å². The molecule has 0 saturated carbocycles. The van der Waals surface area contributed by atoms with Crippen molar-refractivity contribution in [1.29, 1.82) is 0 Å². The molecule has 14 heteroatoms. The summed E-state index contributed by atoms with van der Waals surface area (Å²) in [5, 5.41) is 18.3. The summed E-state index contributed by atoms with van der Waals surface area (Å²) < 4.78 is 0. The number of aromatic hydroxyl groups is 2. The molecule has 2 aliphatic rings. The second kappa shape index (κ2) is 31.3. The topological polar surface area (TPSA) is 131 Å². The van der Waals surface area contributed by atoms with Crippen LogP contribution in [0.25, 0.3) is 44.8 Å². The Morgan fingerprint density at radius 2 is 0.602 bits per heavy atom. The fourth-order valence-electron chi connectivity index (χ4n) is 10.9. The van der Waals surface area contributed by atoms with Crippen molar-refractivity contribution >= 4 is 46.0 Å². The minimum atomic E-state index is 0. The molecule has 2 aliphatic heterocycles. The molecule has 2 N–H and O–H groups in total. The monoisotopic (exact) mass is 1650 g/mol. The predicted octanol–water partition coefficient (Wildman–Crippen LogP) is 20.8. The van der Waals surface area contributed by atoms with Crippen molar-refractivity contribution in [3.05, 3.63) is 303 Å². The molecule has 6 heterocycles. The van der Waals surface area contributed by atoms with Crippen LogP contribution in [0.2, 0.25) is 0 Å². The Bertz CT molecular complexity index is 4230. The summed E-state index contributed by atoms with van der Waals surface area (Å²) in [6.45, 7) is 31.4. The molecule has 0 atom stereocenters. The molecule has 0 radical (unpaired) electrons. The molecule has 98 heavy (non-hydrogen) atoms. The molecule has 0 fully saturated rings. The van der Waals surface area contributed by atoms with Crippen molar-refractivity contribution in [3.63, 3.8) is 0 Å². The Morgan fingerprint density at radius 1 is 0.306 bits per heavy atom. The Labute approximate surface area is 607 Å². The van der Waals surface area contributed by atoms with Gasteiger partial charge in [-0.2, -0.15) is 36.4 Å². The fourth-order valence-corrected chi connectivity index (χ4v) is 10.9. The average Bonchev–Trinajstić information content (AvgIpc) is 1.50. The van der Waals surface area contributed by atoms with Gasteiger partial charge in [-0.05, 0) is 91.4 Å². The van der Waals surface area contributed by atoms with E-state index in [2.05, 4.69) is 230 Å². The van der Waals surface area contributed by atoms with Gasteiger partial charge in [0.2, 0.25) is 11.8 Å². The maximum atomic E-state index is 9.16. The van der Waals surface area contributed by atoms with Crippen LogP contribution in [0.15, 0.2) is 255 Å². The van der Waals surface area contributed by atoms with Gasteiger partial charge in [-0.15, -0.1) is 48.0 Å². The summed E-state index contributed by atoms with van der Waals surface area (Å²) in [5.74, 6) is 3.32. The predicted molar refractivity (Wildman–Crippen MR) is 393 cm³/mol. The molecule has 0 saturated heterocycles. The number of hydrogen-bond donors (Lipinski definition) is 2. The van der Waals surface area contributed by atoms with E-state index < -0.39 is 0 Å². The summed E-state index contributed by atoms with van der Waals surface area (Å²) in [7, 11) is 0. The minimum absolute atomic E-state index is 0. The van der Waals surface area contributed by atoms with E-state index in [-0.39, 0.29) is 75.6 Å². The minimum Gasteiger partial charge on any atom is -0.493 e. The van der Waals surface area contributed by atoms with Crippen LogP contribution in [0.1, 0.15) is 105 Å². The van der Waals surface area contributed by atoms with Gasteiger partial charge in [0.25, 0.3) is 0 Å². The number of rotatable bonds is 8. The second-order valence-electron chi connectivity index (χ2n) is 27.8. The van der Waals surface area contributed by atoms with Gasteiger partial charge >= 0.3 is 42.1 Å². The molecule has 500 valence electrons. The van der Waals surface area contributed by atoms with Crippen molar-refractivity contribution in [3.8, 4) is 56.5 Å². The normalized spacial score (nSPS) is 12.4. The van der Waals surface area contributed by atoms with E-state index in [0.29, 0.717) is 0 Å². The van der Waals surface area contributed by atoms with Crippen LogP contribution >= 0.6 is 0 Å². The first-order chi connectivity index (χ1) is 45.9. The van der Waals surface area contributed by atoms with E-state index in [1.807, 2.05) is 135 Å². The first-order valence-corrected chi connectivity index (χ1v) is 32.3. The number of benzene rings is 8. The Kier molecular flexibility index (Phi) is 23.2. The van der Waals surface area contributed by atoms with E-state index >= 15 is 0 Å². The van der Waals surface area contributed by atoms with E-state index in [4.69, 9.17) is 10.2 Å². The van der Waals surface area contributed by atoms with Crippen molar-refractivity contribution in [1.82, 2.24) is 29.9 Å². The van der Waals surface area contributed by atoms with Gasteiger partial charge in [-0.3, -0.25) is 0 Å². The smallest absolute Gasteiger partial charge is 0.493 e. The number of para-hydroxylation sites is 2. The average molecular weight is 1650 g/mol. The maximum absolute atomic E-state index is 9.16. The van der Waals surface area contributed by atoms with Gasteiger partial charge < -0.3 is 29.8 Å². The van der Waals surface area contributed by atoms with Gasteiger partial charge in [0.1, 0.15) is 23.3 Å². The van der Waals surface area contributed by atoms with E-state index in [0.717, 1.165) is 79.7 Å². The van der Waals surface area contributed by atoms with Crippen LogP contribution in [0.4, 0.5) is 46.0 Å². The molecule has 0 unspecified atom stereocenters. The van der Waals surface area contributed by atoms with Gasteiger partial charge in [0, 0.05) is 59.4 Å². The molecular formula is C84H82N10O2Pt2. The maximum Gasteiger partial charge on any atom is 2.00 e. The number of aromatic nitrogens is 6. The molecule has 14 rings (SSSR count). The number of pyridine rings is 2. The van der Waals surface area contributed by atoms with Crippen molar-refractivity contribution in [2.45, 2.75) is 105 Å². The van der Waals surface area contributed by atoms with Crippen molar-refractivity contribution in [2.24, 2.45) is 0 Å². The van der Waals surface area contributed by atoms with Crippen molar-refractivity contribution in [2.75, 3.05) is 19.6 Å². The molecule has 0 spiro atoms. The van der Waals surface area contributed by atoms with Crippen LogP contribution in [0, 0.1) is 25.5 Å². The first-order valence-electron chi connectivity index (χ1n) is 32.3. The number of anilines is 8. The third-order valence-corrected chi connectivity index (χ3v) is 16.5. The van der Waals surface area contributed by atoms with Crippen LogP contribution in [0.5, 0.6) is 11.8 Å². The Morgan fingerprint density at radius 3 is 0.898 bits per heavy atom. The Balaban J connectivity index is 0.000000166. The number of hydrogen-bond acceptors (Lipinski definition) is 12. The second-order valence-corrected chi connectivity index (χ2v) is 27.8. The summed E-state index contributed by atoms with van der Waals surface area (Å²) >= 11 is 0. The molecule has 4 aromatic heterocycles. The summed E-state index contributed by atoms with van der Waals surface area (Å²) in [4.78, 5) is 34.8. The number of nitrogens with zero attached hydrogens (tertiary/aromatic N) is 10. The summed E-state index contributed by atoms with van der Waals surface area (Å²) in [6.07, 6.45) is 6.94. The standard InChI is InChI=1S/2C31H32N4.2C11H9NO.2Pt/c2*1-30(2,3)24-17-23(18-25(20-24)31(4,5)6)22-11-10-14-27(19-22)35-21-34(26-12-8-7-9-13-26)28-29(35)33-16-15-32-28;2*13-11-8-4-7-10(12-11)9-5-2-1-3-6-9;;/h2*7-13,15-21H,1-6H3;2*1-8H,(H,12,13);;/q2*-2;;;2*+2. The summed E-state index contributed by atoms with van der Waals surface area (Å²) in [6, 6.07) is 83.9. The van der Waals surface area contributed by atoms with Crippen LogP contribution < -0.4 is 19.6 Å². The summed E-state index contributed by atoms with van der Waals surface area (Å²) in [5.41, 5.74) is 17.9. The number of fused-ring (bicyclic) bond motifs is 2. The van der Waals surface area contributed by atoms with Gasteiger partial charge in [-0.25, -0.2) is 29.9 Å². The van der Waals surface area contributed by atoms with Gasteiger partial charge in [0.05, 0.1) is 11.4 Å². The van der Waals surface area contributed by atoms with Crippen LogP contribution in [-0.4, -0.2) is 40.1 Å². The van der Waals surface area contributed by atoms with Crippen LogP contribution in [-0.2, 0) is 63.8 Å². The SMILES string of the molecule is CC(C)(C)c1cc(-c2cc[c-]c(N3[CH-]N(c4ccccc4)c4nccnc43)c2)cc(C(C)(C)C)c1.CC(C)(C)c1cc(-c2cc[c-]c(N3[CH-]N(c4ccccc4)c4nccnc43)c2)cc(C(C)(C)C)c1.Oc1cccc(-c2ccccc2)n1.Oc1cccc(-c2ccccc2)n1.[Pt+2].[Pt+2]. The van der Waals surface area contributed by atoms with Crippen LogP contribution in [0.3, 0.4) is 0 Å². The van der Waals surface area contributed by atoms with E-state index in [1.165, 1.54) is 33.4 Å². The van der Waals surface area contributed by atoms with Gasteiger partial charge in [-0.1, -0.05) is 229 Å². The molecule has 12 aromatic rings. The Hall–Kier alpha value is -9.60. The zero-order valence-corrected chi connectivity index (χ0v) is 61.9. The molecule has 0 amide bonds. The third-order valence-electron chi connectivity index (χ3n) is 16.5. The zero-order valence-electron chi connectivity index (χ0n) is 57.4. The zero-order chi connectivity index (χ0) is 67.8.